The van der Waals surface area contributed by atoms with Gasteiger partial charge in [0.15, 0.2) is 6.10 Å². The van der Waals surface area contributed by atoms with Crippen LogP contribution in [0.4, 0.5) is 23.2 Å². The Morgan fingerprint density at radius 3 is 2.46 bits per heavy atom. The van der Waals surface area contributed by atoms with Gasteiger partial charge in [0.1, 0.15) is 11.7 Å². The van der Waals surface area contributed by atoms with E-state index in [1.54, 1.807) is 12.1 Å². The zero-order valence-corrected chi connectivity index (χ0v) is 15.5. The van der Waals surface area contributed by atoms with Crippen molar-refractivity contribution in [3.05, 3.63) is 70.5 Å². The van der Waals surface area contributed by atoms with Crippen molar-refractivity contribution in [2.24, 2.45) is 5.73 Å². The Hall–Kier alpha value is -2.58. The first-order valence-electron chi connectivity index (χ1n) is 8.11. The van der Waals surface area contributed by atoms with Gasteiger partial charge in [0.25, 0.3) is 0 Å². The number of halogens is 5. The van der Waals surface area contributed by atoms with Crippen molar-refractivity contribution in [1.29, 1.82) is 5.41 Å². The fraction of sp³-hybridized carbons (Fsp3) is 0.211. The van der Waals surface area contributed by atoms with Crippen LogP contribution >= 0.6 is 11.6 Å². The third kappa shape index (κ3) is 6.54. The van der Waals surface area contributed by atoms with Crippen LogP contribution in [0.15, 0.2) is 48.5 Å². The van der Waals surface area contributed by atoms with Crippen molar-refractivity contribution >= 4 is 28.8 Å². The number of amidine groups is 1. The van der Waals surface area contributed by atoms with E-state index in [1.165, 1.54) is 36.4 Å². The molecule has 2 aromatic rings. The molecule has 2 rings (SSSR count). The Morgan fingerprint density at radius 1 is 1.25 bits per heavy atom. The molecule has 9 heteroatoms. The van der Waals surface area contributed by atoms with Gasteiger partial charge in [-0.3, -0.25) is 5.41 Å². The molecule has 0 aromatic heterocycles. The Balaban J connectivity index is 2.29. The Labute approximate surface area is 164 Å². The van der Waals surface area contributed by atoms with Crippen LogP contribution in [0.1, 0.15) is 18.1 Å². The quantitative estimate of drug-likeness (QED) is 0.325. The van der Waals surface area contributed by atoms with Crippen LogP contribution in [0.5, 0.6) is 0 Å². The zero-order valence-electron chi connectivity index (χ0n) is 14.8. The molecule has 1 atom stereocenters. The van der Waals surface area contributed by atoms with Crippen LogP contribution in [0, 0.1) is 11.2 Å². The number of ether oxygens (including phenoxy) is 1. The molecule has 0 unspecified atom stereocenters. The van der Waals surface area contributed by atoms with Crippen LogP contribution in [0.2, 0.25) is 5.02 Å². The van der Waals surface area contributed by atoms with E-state index in [0.29, 0.717) is 22.5 Å². The highest BCUT2D eigenvalue weighted by Gasteiger charge is 2.36. The van der Waals surface area contributed by atoms with Crippen LogP contribution in [-0.2, 0) is 11.3 Å². The van der Waals surface area contributed by atoms with Crippen molar-refractivity contribution in [2.75, 3.05) is 5.32 Å². The highest BCUT2D eigenvalue weighted by molar-refractivity contribution is 6.30. The zero-order chi connectivity index (χ0) is 20.9. The monoisotopic (exact) mass is 415 g/mol. The van der Waals surface area contributed by atoms with E-state index in [2.05, 4.69) is 5.32 Å². The van der Waals surface area contributed by atoms with Gasteiger partial charge in [-0.25, -0.2) is 4.39 Å². The lowest BCUT2D eigenvalue weighted by atomic mass is 10.1. The molecule has 150 valence electrons. The second-order valence-corrected chi connectivity index (χ2v) is 6.42. The van der Waals surface area contributed by atoms with Crippen LogP contribution in [0.3, 0.4) is 0 Å². The molecule has 28 heavy (non-hydrogen) atoms. The van der Waals surface area contributed by atoms with Crippen LogP contribution in [-0.4, -0.2) is 18.1 Å². The van der Waals surface area contributed by atoms with Gasteiger partial charge in [-0.2, -0.15) is 13.2 Å². The normalized spacial score (nSPS) is 13.3. The molecule has 0 amide bonds. The van der Waals surface area contributed by atoms with E-state index in [9.17, 15) is 17.6 Å². The highest BCUT2D eigenvalue weighted by atomic mass is 35.5. The summed E-state index contributed by atoms with van der Waals surface area (Å²) < 4.78 is 55.8. The lowest BCUT2D eigenvalue weighted by Crippen LogP contribution is -2.28. The number of rotatable bonds is 7. The van der Waals surface area contributed by atoms with E-state index in [-0.39, 0.29) is 17.5 Å². The van der Waals surface area contributed by atoms with Crippen molar-refractivity contribution in [3.63, 3.8) is 0 Å². The van der Waals surface area contributed by atoms with Gasteiger partial charge in [-0.15, -0.1) is 0 Å². The molecule has 0 aliphatic rings. The fourth-order valence-electron chi connectivity index (χ4n) is 2.24. The molecule has 0 saturated carbocycles. The van der Waals surface area contributed by atoms with Gasteiger partial charge in [-0.05, 0) is 60.5 Å². The number of anilines is 1. The lowest BCUT2D eigenvalue weighted by molar-refractivity contribution is -0.217. The van der Waals surface area contributed by atoms with E-state index in [4.69, 9.17) is 27.5 Å². The van der Waals surface area contributed by atoms with Gasteiger partial charge < -0.3 is 15.8 Å². The van der Waals surface area contributed by atoms with Crippen LogP contribution in [0.25, 0.3) is 5.70 Å². The van der Waals surface area contributed by atoms with Crippen LogP contribution < -0.4 is 11.1 Å². The Kier molecular flexibility index (Phi) is 7.04. The number of alkyl halides is 3. The van der Waals surface area contributed by atoms with Crippen molar-refractivity contribution in [2.45, 2.75) is 25.8 Å². The topological polar surface area (TPSA) is 71.1 Å². The molecule has 2 aromatic carbocycles. The van der Waals surface area contributed by atoms with Crippen molar-refractivity contribution in [3.8, 4) is 0 Å². The first-order chi connectivity index (χ1) is 13.0. The smallest absolute Gasteiger partial charge is 0.384 e. The molecular weight excluding hydrogens is 398 g/mol. The third-order valence-electron chi connectivity index (χ3n) is 3.65. The molecule has 0 saturated heterocycles. The molecule has 4 nitrogen and oxygen atoms in total. The third-order valence-corrected chi connectivity index (χ3v) is 3.87. The van der Waals surface area contributed by atoms with Gasteiger partial charge in [-0.1, -0.05) is 11.6 Å². The average molecular weight is 416 g/mol. The first kappa shape index (κ1) is 21.7. The Morgan fingerprint density at radius 2 is 1.89 bits per heavy atom. The van der Waals surface area contributed by atoms with Gasteiger partial charge in [0.2, 0.25) is 0 Å². The summed E-state index contributed by atoms with van der Waals surface area (Å²) in [7, 11) is 0. The summed E-state index contributed by atoms with van der Waals surface area (Å²) in [5, 5.41) is 10.8. The van der Waals surface area contributed by atoms with E-state index < -0.39 is 18.1 Å². The summed E-state index contributed by atoms with van der Waals surface area (Å²) in [4.78, 5) is 0. The van der Waals surface area contributed by atoms with E-state index >= 15 is 0 Å². The molecule has 0 bridgehead atoms. The standard InChI is InChI=1S/C19H18ClF4N3O/c1-11(19(22,23)24)28-10-12-6-13(8-14(20)7-12)17(9-18(25)26)27-16-4-2-15(21)3-5-16/h2-9,11,27H,10H2,1H3,(H3,25,26)/b17-9-/t11-/m1/s1. The highest BCUT2D eigenvalue weighted by Crippen LogP contribution is 2.26. The second kappa shape index (κ2) is 9.07. The lowest BCUT2D eigenvalue weighted by Gasteiger charge is -2.17. The fourth-order valence-corrected chi connectivity index (χ4v) is 2.50. The van der Waals surface area contributed by atoms with E-state index in [0.717, 1.165) is 6.92 Å². The summed E-state index contributed by atoms with van der Waals surface area (Å²) in [5.74, 6) is -0.670. The Bertz CT molecular complexity index is 866. The minimum Gasteiger partial charge on any atom is -0.384 e. The number of nitrogens with one attached hydrogen (secondary N) is 2. The predicted octanol–water partition coefficient (Wildman–Crippen LogP) is 5.34. The molecule has 0 radical (unpaired) electrons. The molecule has 0 heterocycles. The molecule has 0 aliphatic heterocycles. The summed E-state index contributed by atoms with van der Waals surface area (Å²) in [6.07, 6.45) is -5.08. The van der Waals surface area contributed by atoms with E-state index in [1.807, 2.05) is 0 Å². The molecule has 0 spiro atoms. The maximum atomic E-state index is 13.1. The summed E-state index contributed by atoms with van der Waals surface area (Å²) in [6.45, 7) is 0.612. The van der Waals surface area contributed by atoms with Gasteiger partial charge in [0.05, 0.1) is 6.61 Å². The number of hydrogen-bond donors (Lipinski definition) is 3. The SMILES string of the molecule is C[C@@H](OCc1cc(Cl)cc(/C(=C/C(=N)N)Nc2ccc(F)cc2)c1)C(F)(F)F. The number of hydrogen-bond acceptors (Lipinski definition) is 3. The summed E-state index contributed by atoms with van der Waals surface area (Å²) >= 11 is 6.09. The molecule has 0 fully saturated rings. The first-order valence-corrected chi connectivity index (χ1v) is 8.49. The molecule has 4 N–H and O–H groups in total. The second-order valence-electron chi connectivity index (χ2n) is 5.99. The summed E-state index contributed by atoms with van der Waals surface area (Å²) in [5.41, 5.74) is 7.24. The predicted molar refractivity (Wildman–Crippen MR) is 102 cm³/mol. The van der Waals surface area contributed by atoms with Gasteiger partial charge in [0, 0.05) is 22.5 Å². The summed E-state index contributed by atoms with van der Waals surface area (Å²) in [6, 6.07) is 10.1. The molecule has 0 aliphatic carbocycles. The molecular formula is C19H18ClF4N3O. The van der Waals surface area contributed by atoms with Gasteiger partial charge >= 0.3 is 6.18 Å². The minimum absolute atomic E-state index is 0.256. The average Bonchev–Trinajstić information content (AvgIpc) is 2.59. The maximum absolute atomic E-state index is 13.1. The minimum atomic E-state index is -4.47. The number of benzene rings is 2. The maximum Gasteiger partial charge on any atom is 0.414 e. The largest absolute Gasteiger partial charge is 0.414 e. The number of nitrogens with two attached hydrogens (primary N) is 1. The van der Waals surface area contributed by atoms with Crippen molar-refractivity contribution in [1.82, 2.24) is 0 Å². The van der Waals surface area contributed by atoms with Crippen molar-refractivity contribution < 1.29 is 22.3 Å².